The molecular formula is C27H29ClN2O2. The number of ether oxygens (including phenoxy) is 1. The lowest BCUT2D eigenvalue weighted by Crippen LogP contribution is -2.42. The van der Waals surface area contributed by atoms with Crippen LogP contribution in [0.5, 0.6) is 5.75 Å². The molecule has 32 heavy (non-hydrogen) atoms. The topological polar surface area (TPSA) is 45.6 Å². The van der Waals surface area contributed by atoms with Crippen LogP contribution < -0.4 is 4.74 Å². The second kappa shape index (κ2) is 9.22. The summed E-state index contributed by atoms with van der Waals surface area (Å²) in [5, 5.41) is 11.8. The number of hydrogen-bond acceptors (Lipinski definition) is 4. The molecule has 4 nitrogen and oxygen atoms in total. The Morgan fingerprint density at radius 3 is 2.56 bits per heavy atom. The van der Waals surface area contributed by atoms with Gasteiger partial charge in [-0.05, 0) is 67.6 Å². The summed E-state index contributed by atoms with van der Waals surface area (Å²) in [5.41, 5.74) is 3.81. The Labute approximate surface area is 194 Å². The maximum atomic E-state index is 11.1. The van der Waals surface area contributed by atoms with Crippen LogP contribution in [0.15, 0.2) is 66.9 Å². The van der Waals surface area contributed by atoms with Crippen molar-refractivity contribution in [3.63, 3.8) is 0 Å². The zero-order valence-electron chi connectivity index (χ0n) is 18.2. The van der Waals surface area contributed by atoms with Crippen molar-refractivity contribution in [2.75, 3.05) is 19.6 Å². The molecule has 3 aromatic rings. The number of rotatable bonds is 5. The van der Waals surface area contributed by atoms with Gasteiger partial charge in [-0.25, -0.2) is 0 Å². The van der Waals surface area contributed by atoms with Gasteiger partial charge < -0.3 is 14.7 Å². The fraction of sp³-hybridized carbons (Fsp3) is 0.370. The molecule has 1 N–H and O–H groups in total. The molecule has 0 saturated carbocycles. The lowest BCUT2D eigenvalue weighted by atomic mass is 9.84. The van der Waals surface area contributed by atoms with Gasteiger partial charge in [0.05, 0.1) is 11.3 Å². The Morgan fingerprint density at radius 1 is 1.00 bits per heavy atom. The van der Waals surface area contributed by atoms with E-state index in [4.69, 9.17) is 16.3 Å². The normalized spacial score (nSPS) is 20.0. The Hall–Kier alpha value is -2.40. The third-order valence-electron chi connectivity index (χ3n) is 6.99. The van der Waals surface area contributed by atoms with Crippen LogP contribution in [0.4, 0.5) is 0 Å². The van der Waals surface area contributed by atoms with Crippen LogP contribution in [0.1, 0.15) is 54.0 Å². The summed E-state index contributed by atoms with van der Waals surface area (Å²) in [7, 11) is 0. The van der Waals surface area contributed by atoms with Crippen molar-refractivity contribution in [1.82, 2.24) is 9.88 Å². The fourth-order valence-corrected chi connectivity index (χ4v) is 5.25. The summed E-state index contributed by atoms with van der Waals surface area (Å²) >= 11 is 6.01. The summed E-state index contributed by atoms with van der Waals surface area (Å²) in [6, 6.07) is 20.3. The zero-order chi connectivity index (χ0) is 22.0. The molecule has 5 heteroatoms. The number of piperidine rings is 1. The van der Waals surface area contributed by atoms with Crippen LogP contribution >= 0.6 is 11.6 Å². The maximum Gasteiger partial charge on any atom is 0.131 e. The molecule has 2 aliphatic rings. The van der Waals surface area contributed by atoms with Crippen LogP contribution in [-0.2, 0) is 12.2 Å². The van der Waals surface area contributed by atoms with E-state index in [9.17, 15) is 5.11 Å². The second-order valence-electron chi connectivity index (χ2n) is 8.94. The number of hydrogen-bond donors (Lipinski definition) is 1. The highest BCUT2D eigenvalue weighted by Gasteiger charge is 2.34. The number of aliphatic hydroxyl groups is 1. The summed E-state index contributed by atoms with van der Waals surface area (Å²) in [6.45, 7) is 3.37. The van der Waals surface area contributed by atoms with Gasteiger partial charge in [-0.3, -0.25) is 4.98 Å². The molecule has 3 heterocycles. The highest BCUT2D eigenvalue weighted by atomic mass is 35.5. The van der Waals surface area contributed by atoms with E-state index >= 15 is 0 Å². The van der Waals surface area contributed by atoms with E-state index in [1.807, 2.05) is 42.6 Å². The van der Waals surface area contributed by atoms with Crippen molar-refractivity contribution in [1.29, 1.82) is 0 Å². The molecule has 0 spiro atoms. The Morgan fingerprint density at radius 2 is 1.75 bits per heavy atom. The number of likely N-dealkylation sites (tertiary alicyclic amines) is 1. The molecule has 2 aliphatic heterocycles. The molecule has 1 unspecified atom stereocenters. The van der Waals surface area contributed by atoms with Crippen LogP contribution in [0, 0.1) is 0 Å². The Balaban J connectivity index is 1.22. The number of aromatic nitrogens is 1. The number of pyridine rings is 1. The number of fused-ring (bicyclic) bond motifs is 2. The van der Waals surface area contributed by atoms with E-state index in [1.165, 1.54) is 11.1 Å². The number of para-hydroxylation sites is 1. The first kappa shape index (κ1) is 21.4. The molecule has 166 valence electrons. The van der Waals surface area contributed by atoms with Gasteiger partial charge in [-0.2, -0.15) is 0 Å². The van der Waals surface area contributed by atoms with Crippen LogP contribution in [0.25, 0.3) is 0 Å². The molecule has 1 atom stereocenters. The number of halogens is 1. The molecule has 0 bridgehead atoms. The minimum absolute atomic E-state index is 0.299. The van der Waals surface area contributed by atoms with E-state index in [0.717, 1.165) is 62.3 Å². The minimum Gasteiger partial charge on any atom is -0.487 e. The summed E-state index contributed by atoms with van der Waals surface area (Å²) in [4.78, 5) is 7.07. The SMILES string of the molecule is OC1(c2ccc(Cl)cc2)CCN(CCCC2c3ccccc3OCc3ncccc32)CC1. The third kappa shape index (κ3) is 4.40. The fourth-order valence-electron chi connectivity index (χ4n) is 5.13. The quantitative estimate of drug-likeness (QED) is 0.558. The molecule has 0 amide bonds. The van der Waals surface area contributed by atoms with E-state index in [0.29, 0.717) is 17.5 Å². The highest BCUT2D eigenvalue weighted by Crippen LogP contribution is 2.39. The van der Waals surface area contributed by atoms with E-state index < -0.39 is 5.60 Å². The standard InChI is InChI=1S/C27H29ClN2O2/c28-21-11-9-20(10-12-21)27(31)13-17-30(18-14-27)16-4-7-22-23-6-3-15-29-25(23)19-32-26-8-2-1-5-24(22)26/h1-3,5-6,8-12,15,22,31H,4,7,13-14,16-19H2. The molecule has 5 rings (SSSR count). The third-order valence-corrected chi connectivity index (χ3v) is 7.24. The van der Waals surface area contributed by atoms with Crippen molar-refractivity contribution in [2.45, 2.75) is 43.8 Å². The Kier molecular flexibility index (Phi) is 6.18. The van der Waals surface area contributed by atoms with Gasteiger partial charge >= 0.3 is 0 Å². The first-order chi connectivity index (χ1) is 15.6. The highest BCUT2D eigenvalue weighted by molar-refractivity contribution is 6.30. The van der Waals surface area contributed by atoms with Gasteiger partial charge in [-0.15, -0.1) is 0 Å². The van der Waals surface area contributed by atoms with Crippen LogP contribution in [0.2, 0.25) is 5.02 Å². The molecule has 1 aromatic heterocycles. The zero-order valence-corrected chi connectivity index (χ0v) is 19.0. The predicted molar refractivity (Wildman–Crippen MR) is 127 cm³/mol. The van der Waals surface area contributed by atoms with Gasteiger partial charge in [-0.1, -0.05) is 48.0 Å². The Bertz CT molecular complexity index is 1010. The van der Waals surface area contributed by atoms with Crippen LogP contribution in [0.3, 0.4) is 0 Å². The van der Waals surface area contributed by atoms with Crippen molar-refractivity contribution < 1.29 is 9.84 Å². The summed E-state index contributed by atoms with van der Waals surface area (Å²) < 4.78 is 6.06. The molecule has 0 radical (unpaired) electrons. The molecule has 0 aliphatic carbocycles. The molecule has 1 saturated heterocycles. The van der Waals surface area contributed by atoms with Crippen molar-refractivity contribution in [2.24, 2.45) is 0 Å². The minimum atomic E-state index is -0.747. The van der Waals surface area contributed by atoms with Gasteiger partial charge in [0.15, 0.2) is 0 Å². The first-order valence-corrected chi connectivity index (χ1v) is 11.9. The smallest absolute Gasteiger partial charge is 0.131 e. The maximum absolute atomic E-state index is 11.1. The average molecular weight is 449 g/mol. The van der Waals surface area contributed by atoms with Gasteiger partial charge in [0.1, 0.15) is 12.4 Å². The predicted octanol–water partition coefficient (Wildman–Crippen LogP) is 5.52. The molecular weight excluding hydrogens is 420 g/mol. The van der Waals surface area contributed by atoms with Crippen molar-refractivity contribution in [3.8, 4) is 5.75 Å². The average Bonchev–Trinajstić information content (AvgIpc) is 2.98. The molecule has 2 aromatic carbocycles. The van der Waals surface area contributed by atoms with Crippen LogP contribution in [-0.4, -0.2) is 34.6 Å². The molecule has 1 fully saturated rings. The van der Waals surface area contributed by atoms with Crippen molar-refractivity contribution in [3.05, 3.63) is 94.3 Å². The lowest BCUT2D eigenvalue weighted by Gasteiger charge is -2.38. The van der Waals surface area contributed by atoms with Gasteiger partial charge in [0.2, 0.25) is 0 Å². The number of nitrogens with zero attached hydrogens (tertiary/aromatic N) is 2. The first-order valence-electron chi connectivity index (χ1n) is 11.5. The lowest BCUT2D eigenvalue weighted by molar-refractivity contribution is -0.0261. The summed E-state index contributed by atoms with van der Waals surface area (Å²) in [6.07, 6.45) is 5.50. The van der Waals surface area contributed by atoms with E-state index in [2.05, 4.69) is 34.1 Å². The summed E-state index contributed by atoms with van der Waals surface area (Å²) in [5.74, 6) is 1.27. The van der Waals surface area contributed by atoms with E-state index in [-0.39, 0.29) is 0 Å². The second-order valence-corrected chi connectivity index (χ2v) is 9.38. The van der Waals surface area contributed by atoms with Gasteiger partial charge in [0.25, 0.3) is 0 Å². The van der Waals surface area contributed by atoms with Crippen molar-refractivity contribution >= 4 is 11.6 Å². The largest absolute Gasteiger partial charge is 0.487 e. The van der Waals surface area contributed by atoms with E-state index in [1.54, 1.807) is 0 Å². The number of benzene rings is 2. The monoisotopic (exact) mass is 448 g/mol. The van der Waals surface area contributed by atoms with Gasteiger partial charge in [0, 0.05) is 35.8 Å².